The number of halogens is 5. The number of nitrogens with zero attached hydrogens (tertiary/aromatic N) is 3. The Bertz CT molecular complexity index is 1050. The lowest BCUT2D eigenvalue weighted by molar-refractivity contribution is -0.154. The molecular weight excluding hydrogens is 494 g/mol. The van der Waals surface area contributed by atoms with Crippen LogP contribution in [0.15, 0.2) is 29.4 Å². The van der Waals surface area contributed by atoms with Crippen LogP contribution in [0, 0.1) is 5.92 Å². The van der Waals surface area contributed by atoms with E-state index in [1.165, 1.54) is 25.3 Å². The van der Waals surface area contributed by atoms with Crippen LogP contribution in [0.1, 0.15) is 55.4 Å². The zero-order valence-electron chi connectivity index (χ0n) is 18.5. The lowest BCUT2D eigenvalue weighted by Crippen LogP contribution is -2.20. The van der Waals surface area contributed by atoms with Crippen LogP contribution in [-0.4, -0.2) is 41.6 Å². The number of hydrogen-bond donors (Lipinski definition) is 0. The molecule has 3 rings (SSSR count). The molecule has 1 atom stereocenters. The van der Waals surface area contributed by atoms with Gasteiger partial charge in [-0.2, -0.15) is 13.2 Å². The number of ether oxygens (including phenoxy) is 1. The number of rotatable bonds is 9. The van der Waals surface area contributed by atoms with E-state index in [2.05, 4.69) is 15.4 Å². The summed E-state index contributed by atoms with van der Waals surface area (Å²) in [7, 11) is 1.52. The summed E-state index contributed by atoms with van der Waals surface area (Å²) in [6.45, 7) is -1.55. The highest BCUT2D eigenvalue weighted by molar-refractivity contribution is 6.42. The van der Waals surface area contributed by atoms with Crippen molar-refractivity contribution in [3.05, 3.63) is 40.0 Å². The largest absolute Gasteiger partial charge is 0.467 e. The molecule has 1 aliphatic carbocycles. The molecule has 1 fully saturated rings. The van der Waals surface area contributed by atoms with Crippen molar-refractivity contribution >= 4 is 34.7 Å². The molecule has 0 aliphatic heterocycles. The maximum Gasteiger partial charge on any atom is 0.422 e. The number of benzene rings is 1. The fraction of sp³-hybridized carbons (Fsp3) is 0.478. The van der Waals surface area contributed by atoms with Gasteiger partial charge in [0.05, 0.1) is 15.8 Å². The van der Waals surface area contributed by atoms with E-state index in [9.17, 15) is 18.0 Å². The molecule has 1 aliphatic rings. The lowest BCUT2D eigenvalue weighted by atomic mass is 9.83. The van der Waals surface area contributed by atoms with E-state index in [-0.39, 0.29) is 45.3 Å². The second-order valence-corrected chi connectivity index (χ2v) is 8.82. The van der Waals surface area contributed by atoms with E-state index >= 15 is 0 Å². The molecule has 1 aromatic heterocycles. The molecule has 0 spiro atoms. The maximum atomic E-state index is 12.8. The lowest BCUT2D eigenvalue weighted by Gasteiger charge is -2.23. The third kappa shape index (κ3) is 7.30. The smallest absolute Gasteiger partial charge is 0.422 e. The minimum atomic E-state index is -4.56. The first-order valence-corrected chi connectivity index (χ1v) is 11.6. The van der Waals surface area contributed by atoms with Gasteiger partial charge in [-0.3, -0.25) is 4.79 Å². The summed E-state index contributed by atoms with van der Waals surface area (Å²) >= 11 is 12.0. The number of carbonyl (C=O) groups excluding carboxylic acids is 1. The summed E-state index contributed by atoms with van der Waals surface area (Å²) < 4.78 is 42.9. The van der Waals surface area contributed by atoms with E-state index < -0.39 is 12.8 Å². The van der Waals surface area contributed by atoms with Crippen molar-refractivity contribution in [3.63, 3.8) is 0 Å². The molecule has 0 amide bonds. The van der Waals surface area contributed by atoms with E-state index in [1.807, 2.05) is 0 Å². The monoisotopic (exact) mass is 517 g/mol. The van der Waals surface area contributed by atoms with Gasteiger partial charge in [-0.25, -0.2) is 0 Å². The van der Waals surface area contributed by atoms with Crippen molar-refractivity contribution in [3.8, 4) is 17.0 Å². The number of alkyl halides is 3. The van der Waals surface area contributed by atoms with Crippen LogP contribution < -0.4 is 4.74 Å². The Balaban J connectivity index is 1.76. The first-order chi connectivity index (χ1) is 16.2. The highest BCUT2D eigenvalue weighted by Crippen LogP contribution is 2.34. The van der Waals surface area contributed by atoms with Gasteiger partial charge in [-0.15, -0.1) is 10.2 Å². The van der Waals surface area contributed by atoms with Gasteiger partial charge in [-0.1, -0.05) is 40.8 Å². The standard InChI is InChI=1S/C23H24Cl2F3N3O3/c1-33-31-19-7-3-2-5-14(19)6-4-8-21(32)20-12-16(15-9-10-17(24)18(25)11-15)22(30-29-20)34-13-23(26,27)28/h9-12,14H,2-8,13H2,1H3. The van der Waals surface area contributed by atoms with Crippen molar-refractivity contribution in [1.82, 2.24) is 10.2 Å². The van der Waals surface area contributed by atoms with Gasteiger partial charge < -0.3 is 9.57 Å². The molecular formula is C23H24Cl2F3N3O3. The number of Topliss-reactive ketones (excluding diaryl/α,β-unsaturated/α-hetero) is 1. The average molecular weight is 518 g/mol. The predicted molar refractivity (Wildman–Crippen MR) is 124 cm³/mol. The predicted octanol–water partition coefficient (Wildman–Crippen LogP) is 6.94. The van der Waals surface area contributed by atoms with Gasteiger partial charge in [0.25, 0.3) is 0 Å². The first kappa shape index (κ1) is 26.2. The Hall–Kier alpha value is -2.39. The SMILES string of the molecule is CON=C1CCCCC1CCCC(=O)c1cc(-c2ccc(Cl)c(Cl)c2)c(OCC(F)(F)F)nn1. The van der Waals surface area contributed by atoms with Crippen LogP contribution in [0.5, 0.6) is 5.88 Å². The molecule has 184 valence electrons. The molecule has 11 heteroatoms. The fourth-order valence-electron chi connectivity index (χ4n) is 3.90. The molecule has 1 aromatic carbocycles. The zero-order chi connectivity index (χ0) is 24.7. The normalized spacial score (nSPS) is 17.6. The van der Waals surface area contributed by atoms with Gasteiger partial charge in [0.15, 0.2) is 12.4 Å². The average Bonchev–Trinajstić information content (AvgIpc) is 2.80. The quantitative estimate of drug-likeness (QED) is 0.266. The van der Waals surface area contributed by atoms with Gasteiger partial charge in [-0.05, 0) is 55.9 Å². The highest BCUT2D eigenvalue weighted by Gasteiger charge is 2.30. The third-order valence-corrected chi connectivity index (χ3v) is 6.26. The summed E-state index contributed by atoms with van der Waals surface area (Å²) in [6.07, 6.45) is 1.14. The van der Waals surface area contributed by atoms with Crippen molar-refractivity contribution in [2.75, 3.05) is 13.7 Å². The minimum absolute atomic E-state index is 0.0369. The number of oxime groups is 1. The van der Waals surface area contributed by atoms with E-state index in [1.54, 1.807) is 6.07 Å². The Morgan fingerprint density at radius 3 is 2.68 bits per heavy atom. The Kier molecular flexibility index (Phi) is 9.13. The van der Waals surface area contributed by atoms with E-state index in [0.29, 0.717) is 12.0 Å². The van der Waals surface area contributed by atoms with Gasteiger partial charge in [0.1, 0.15) is 12.8 Å². The van der Waals surface area contributed by atoms with Crippen LogP contribution in [-0.2, 0) is 4.84 Å². The summed E-state index contributed by atoms with van der Waals surface area (Å²) in [6, 6.07) is 5.89. The Labute approximate surface area is 205 Å². The number of carbonyl (C=O) groups is 1. The minimum Gasteiger partial charge on any atom is -0.467 e. The third-order valence-electron chi connectivity index (χ3n) is 5.52. The van der Waals surface area contributed by atoms with Crippen LogP contribution in [0.25, 0.3) is 11.1 Å². The van der Waals surface area contributed by atoms with Crippen molar-refractivity contribution in [1.29, 1.82) is 0 Å². The number of ketones is 1. The molecule has 2 aromatic rings. The van der Waals surface area contributed by atoms with Crippen LogP contribution >= 0.6 is 23.2 Å². The summed E-state index contributed by atoms with van der Waals surface area (Å²) in [5, 5.41) is 12.2. The van der Waals surface area contributed by atoms with Crippen LogP contribution in [0.4, 0.5) is 13.2 Å². The molecule has 0 N–H and O–H groups in total. The number of aromatic nitrogens is 2. The van der Waals surface area contributed by atoms with Crippen LogP contribution in [0.2, 0.25) is 10.0 Å². The Morgan fingerprint density at radius 2 is 1.97 bits per heavy atom. The van der Waals surface area contributed by atoms with Crippen molar-refractivity contribution in [2.45, 2.75) is 51.1 Å². The van der Waals surface area contributed by atoms with Gasteiger partial charge in [0, 0.05) is 17.9 Å². The number of hydrogen-bond acceptors (Lipinski definition) is 6. The molecule has 0 saturated heterocycles. The highest BCUT2D eigenvalue weighted by atomic mass is 35.5. The molecule has 1 heterocycles. The summed E-state index contributed by atoms with van der Waals surface area (Å²) in [5.74, 6) is -0.343. The topological polar surface area (TPSA) is 73.7 Å². The molecule has 6 nitrogen and oxygen atoms in total. The molecule has 0 bridgehead atoms. The zero-order valence-corrected chi connectivity index (χ0v) is 20.0. The van der Waals surface area contributed by atoms with Gasteiger partial charge >= 0.3 is 6.18 Å². The fourth-order valence-corrected chi connectivity index (χ4v) is 4.20. The molecule has 1 saturated carbocycles. The van der Waals surface area contributed by atoms with Crippen molar-refractivity contribution < 1.29 is 27.5 Å². The first-order valence-electron chi connectivity index (χ1n) is 10.8. The van der Waals surface area contributed by atoms with Crippen molar-refractivity contribution in [2.24, 2.45) is 11.1 Å². The van der Waals surface area contributed by atoms with E-state index in [4.69, 9.17) is 32.8 Å². The van der Waals surface area contributed by atoms with Gasteiger partial charge in [0.2, 0.25) is 5.88 Å². The molecule has 34 heavy (non-hydrogen) atoms. The maximum absolute atomic E-state index is 12.8. The molecule has 1 unspecified atom stereocenters. The second kappa shape index (κ2) is 11.8. The summed E-state index contributed by atoms with van der Waals surface area (Å²) in [5.41, 5.74) is 1.63. The van der Waals surface area contributed by atoms with E-state index in [0.717, 1.165) is 37.8 Å². The molecule has 0 radical (unpaired) electrons. The summed E-state index contributed by atoms with van der Waals surface area (Å²) in [4.78, 5) is 17.7. The Morgan fingerprint density at radius 1 is 1.18 bits per heavy atom. The second-order valence-electron chi connectivity index (χ2n) is 8.00. The van der Waals surface area contributed by atoms with Crippen LogP contribution in [0.3, 0.4) is 0 Å².